The molecule has 2 aliphatic rings. The number of aliphatic hydroxyl groups is 1. The van der Waals surface area contributed by atoms with Crippen LogP contribution in [0, 0.1) is 5.92 Å². The first-order valence-electron chi connectivity index (χ1n) is 7.21. The zero-order valence-electron chi connectivity index (χ0n) is 11.4. The van der Waals surface area contributed by atoms with Crippen LogP contribution in [0.3, 0.4) is 0 Å². The molecular formula is C15H21NO2S. The van der Waals surface area contributed by atoms with Gasteiger partial charge in [0.05, 0.1) is 18.2 Å². The Morgan fingerprint density at radius 2 is 2.37 bits per heavy atom. The molecule has 1 aromatic heterocycles. The van der Waals surface area contributed by atoms with Gasteiger partial charge in [-0.1, -0.05) is 6.92 Å². The molecule has 4 heteroatoms. The topological polar surface area (TPSA) is 40.5 Å². The summed E-state index contributed by atoms with van der Waals surface area (Å²) in [7, 11) is 0. The minimum Gasteiger partial charge on any atom is -0.394 e. The molecular weight excluding hydrogens is 258 g/mol. The SMILES string of the molecule is CC1CCc2c(C(=O)N3CCCC3CO)csc2C1. The number of hydrogen-bond acceptors (Lipinski definition) is 3. The first-order valence-corrected chi connectivity index (χ1v) is 8.09. The Kier molecular flexibility index (Phi) is 3.63. The molecule has 0 bridgehead atoms. The molecule has 0 spiro atoms. The molecule has 1 amide bonds. The maximum absolute atomic E-state index is 12.7. The Labute approximate surface area is 118 Å². The van der Waals surface area contributed by atoms with Crippen molar-refractivity contribution in [3.8, 4) is 0 Å². The average Bonchev–Trinajstić information content (AvgIpc) is 3.03. The average molecular weight is 279 g/mol. The third kappa shape index (κ3) is 2.32. The standard InChI is InChI=1S/C15H21NO2S/c1-10-4-5-12-13(9-19-14(12)7-10)15(18)16-6-2-3-11(16)8-17/h9-11,17H,2-8H2,1H3. The molecule has 1 saturated heterocycles. The van der Waals surface area contributed by atoms with E-state index in [1.807, 2.05) is 10.3 Å². The summed E-state index contributed by atoms with van der Waals surface area (Å²) in [6.45, 7) is 3.17. The summed E-state index contributed by atoms with van der Waals surface area (Å²) >= 11 is 1.74. The smallest absolute Gasteiger partial charge is 0.255 e. The highest BCUT2D eigenvalue weighted by Gasteiger charge is 2.32. The number of aliphatic hydroxyl groups excluding tert-OH is 1. The second-order valence-corrected chi connectivity index (χ2v) is 6.84. The van der Waals surface area contributed by atoms with Crippen LogP contribution >= 0.6 is 11.3 Å². The van der Waals surface area contributed by atoms with E-state index < -0.39 is 0 Å². The maximum Gasteiger partial charge on any atom is 0.255 e. The van der Waals surface area contributed by atoms with Crippen molar-refractivity contribution < 1.29 is 9.90 Å². The van der Waals surface area contributed by atoms with Gasteiger partial charge in [-0.15, -0.1) is 11.3 Å². The van der Waals surface area contributed by atoms with Gasteiger partial charge in [-0.2, -0.15) is 0 Å². The van der Waals surface area contributed by atoms with E-state index in [4.69, 9.17) is 0 Å². The van der Waals surface area contributed by atoms with Gasteiger partial charge in [0.25, 0.3) is 5.91 Å². The van der Waals surface area contributed by atoms with E-state index in [2.05, 4.69) is 6.92 Å². The van der Waals surface area contributed by atoms with Crippen LogP contribution in [0.2, 0.25) is 0 Å². The van der Waals surface area contributed by atoms with Crippen LogP contribution in [0.5, 0.6) is 0 Å². The maximum atomic E-state index is 12.7. The first-order chi connectivity index (χ1) is 9.20. The number of thiophene rings is 1. The summed E-state index contributed by atoms with van der Waals surface area (Å²) in [4.78, 5) is 15.9. The Morgan fingerprint density at radius 3 is 3.16 bits per heavy atom. The molecule has 19 heavy (non-hydrogen) atoms. The van der Waals surface area contributed by atoms with Gasteiger partial charge in [0.2, 0.25) is 0 Å². The van der Waals surface area contributed by atoms with Crippen molar-refractivity contribution in [3.05, 3.63) is 21.4 Å². The molecule has 0 aromatic carbocycles. The van der Waals surface area contributed by atoms with Gasteiger partial charge in [0, 0.05) is 16.8 Å². The van der Waals surface area contributed by atoms with Crippen LogP contribution in [-0.4, -0.2) is 35.1 Å². The third-order valence-electron chi connectivity index (χ3n) is 4.48. The second kappa shape index (κ2) is 5.25. The van der Waals surface area contributed by atoms with Crippen molar-refractivity contribution in [2.45, 2.75) is 45.1 Å². The summed E-state index contributed by atoms with van der Waals surface area (Å²) in [6.07, 6.45) is 5.30. The molecule has 3 rings (SSSR count). The molecule has 3 nitrogen and oxygen atoms in total. The summed E-state index contributed by atoms with van der Waals surface area (Å²) in [5.41, 5.74) is 2.20. The van der Waals surface area contributed by atoms with E-state index in [-0.39, 0.29) is 18.6 Å². The van der Waals surface area contributed by atoms with Crippen LogP contribution in [0.15, 0.2) is 5.38 Å². The summed E-state index contributed by atoms with van der Waals surface area (Å²) in [5.74, 6) is 0.884. The Hall–Kier alpha value is -0.870. The molecule has 1 aliphatic heterocycles. The Morgan fingerprint density at radius 1 is 1.53 bits per heavy atom. The third-order valence-corrected chi connectivity index (χ3v) is 5.53. The predicted molar refractivity (Wildman–Crippen MR) is 76.7 cm³/mol. The van der Waals surface area contributed by atoms with Crippen LogP contribution in [0.4, 0.5) is 0 Å². The van der Waals surface area contributed by atoms with Crippen molar-refractivity contribution in [1.82, 2.24) is 4.90 Å². The molecule has 1 fully saturated rings. The number of amides is 1. The lowest BCUT2D eigenvalue weighted by molar-refractivity contribution is 0.0676. The van der Waals surface area contributed by atoms with E-state index in [0.29, 0.717) is 0 Å². The van der Waals surface area contributed by atoms with Gasteiger partial charge >= 0.3 is 0 Å². The van der Waals surface area contributed by atoms with E-state index in [0.717, 1.165) is 43.7 Å². The van der Waals surface area contributed by atoms with Crippen LogP contribution < -0.4 is 0 Å². The van der Waals surface area contributed by atoms with Gasteiger partial charge in [0.15, 0.2) is 0 Å². The molecule has 2 unspecified atom stereocenters. The fourth-order valence-electron chi connectivity index (χ4n) is 3.30. The highest BCUT2D eigenvalue weighted by molar-refractivity contribution is 7.10. The zero-order valence-corrected chi connectivity index (χ0v) is 12.2. The number of nitrogens with zero attached hydrogens (tertiary/aromatic N) is 1. The van der Waals surface area contributed by atoms with Crippen molar-refractivity contribution in [3.63, 3.8) is 0 Å². The Balaban J connectivity index is 1.85. The van der Waals surface area contributed by atoms with Crippen LogP contribution in [0.1, 0.15) is 47.0 Å². The molecule has 0 radical (unpaired) electrons. The molecule has 0 saturated carbocycles. The van der Waals surface area contributed by atoms with Gasteiger partial charge in [-0.05, 0) is 43.6 Å². The van der Waals surface area contributed by atoms with Crippen LogP contribution in [-0.2, 0) is 12.8 Å². The normalized spacial score (nSPS) is 26.5. The predicted octanol–water partition coefficient (Wildman–Crippen LogP) is 2.47. The van der Waals surface area contributed by atoms with Crippen molar-refractivity contribution in [2.75, 3.05) is 13.2 Å². The second-order valence-electron chi connectivity index (χ2n) is 5.88. The van der Waals surface area contributed by atoms with E-state index >= 15 is 0 Å². The van der Waals surface area contributed by atoms with Crippen molar-refractivity contribution in [1.29, 1.82) is 0 Å². The summed E-state index contributed by atoms with van der Waals surface area (Å²) in [6, 6.07) is 0.0329. The number of fused-ring (bicyclic) bond motifs is 1. The number of carbonyl (C=O) groups is 1. The number of carbonyl (C=O) groups excluding carboxylic acids is 1. The lowest BCUT2D eigenvalue weighted by Crippen LogP contribution is -2.38. The van der Waals surface area contributed by atoms with Crippen LogP contribution in [0.25, 0.3) is 0 Å². The minimum absolute atomic E-state index is 0.0329. The molecule has 1 aliphatic carbocycles. The molecule has 1 aromatic rings. The van der Waals surface area contributed by atoms with Gasteiger partial charge in [0.1, 0.15) is 0 Å². The number of hydrogen-bond donors (Lipinski definition) is 1. The zero-order chi connectivity index (χ0) is 13.4. The van der Waals surface area contributed by atoms with Gasteiger partial charge in [-0.25, -0.2) is 0 Å². The Bertz CT molecular complexity index is 482. The van der Waals surface area contributed by atoms with Gasteiger partial charge in [-0.3, -0.25) is 4.79 Å². The molecule has 104 valence electrons. The fraction of sp³-hybridized carbons (Fsp3) is 0.667. The van der Waals surface area contributed by atoms with E-state index in [1.54, 1.807) is 11.3 Å². The highest BCUT2D eigenvalue weighted by Crippen LogP contribution is 2.34. The molecule has 1 N–H and O–H groups in total. The lowest BCUT2D eigenvalue weighted by atomic mass is 9.88. The van der Waals surface area contributed by atoms with Crippen molar-refractivity contribution >= 4 is 17.2 Å². The number of likely N-dealkylation sites (tertiary alicyclic amines) is 1. The highest BCUT2D eigenvalue weighted by atomic mass is 32.1. The van der Waals surface area contributed by atoms with Gasteiger partial charge < -0.3 is 10.0 Å². The number of rotatable bonds is 2. The monoisotopic (exact) mass is 279 g/mol. The largest absolute Gasteiger partial charge is 0.394 e. The van der Waals surface area contributed by atoms with Crippen molar-refractivity contribution in [2.24, 2.45) is 5.92 Å². The van der Waals surface area contributed by atoms with E-state index in [9.17, 15) is 9.90 Å². The summed E-state index contributed by atoms with van der Waals surface area (Å²) < 4.78 is 0. The quantitative estimate of drug-likeness (QED) is 0.903. The van der Waals surface area contributed by atoms with E-state index in [1.165, 1.54) is 16.9 Å². The minimum atomic E-state index is 0.0329. The lowest BCUT2D eigenvalue weighted by Gasteiger charge is -2.24. The first kappa shape index (κ1) is 13.1. The summed E-state index contributed by atoms with van der Waals surface area (Å²) in [5, 5.41) is 11.4. The fourth-order valence-corrected chi connectivity index (χ4v) is 4.54. The molecule has 2 atom stereocenters. The molecule has 2 heterocycles.